The van der Waals surface area contributed by atoms with Gasteiger partial charge in [0.1, 0.15) is 11.6 Å². The van der Waals surface area contributed by atoms with Gasteiger partial charge in [-0.05, 0) is 25.8 Å². The van der Waals surface area contributed by atoms with Gasteiger partial charge in [-0.1, -0.05) is 0 Å². The third kappa shape index (κ3) is 3.33. The normalized spacial score (nSPS) is 13.7. The molecule has 1 aliphatic rings. The number of aromatic nitrogens is 3. The van der Waals surface area contributed by atoms with Crippen molar-refractivity contribution >= 4 is 24.8 Å². The van der Waals surface area contributed by atoms with Crippen LogP contribution in [0.1, 0.15) is 30.9 Å². The van der Waals surface area contributed by atoms with Crippen LogP contribution in [0, 0.1) is 0 Å². The number of rotatable bonds is 3. The zero-order chi connectivity index (χ0) is 9.10. The Morgan fingerprint density at radius 1 is 1.20 bits per heavy atom. The van der Waals surface area contributed by atoms with E-state index >= 15 is 0 Å². The maximum atomic E-state index is 5.46. The summed E-state index contributed by atoms with van der Waals surface area (Å²) in [6.07, 6.45) is 5.60. The van der Waals surface area contributed by atoms with E-state index in [4.69, 9.17) is 5.73 Å². The van der Waals surface area contributed by atoms with Gasteiger partial charge in [-0.3, -0.25) is 0 Å². The summed E-state index contributed by atoms with van der Waals surface area (Å²) in [5, 5.41) is 8.37. The van der Waals surface area contributed by atoms with E-state index in [-0.39, 0.29) is 24.8 Å². The molecule has 0 atom stereocenters. The van der Waals surface area contributed by atoms with Crippen molar-refractivity contribution in [2.75, 3.05) is 6.54 Å². The van der Waals surface area contributed by atoms with Crippen molar-refractivity contribution in [1.29, 1.82) is 0 Å². The molecule has 1 aromatic rings. The average Bonchev–Trinajstić information content (AvgIpc) is 2.58. The molecule has 0 aromatic carbocycles. The van der Waals surface area contributed by atoms with Crippen LogP contribution < -0.4 is 5.73 Å². The Labute approximate surface area is 102 Å². The third-order valence-corrected chi connectivity index (χ3v) is 2.54. The highest BCUT2D eigenvalue weighted by Crippen LogP contribution is 2.14. The molecule has 1 aromatic heterocycles. The molecule has 0 saturated heterocycles. The molecule has 0 bridgehead atoms. The Bertz CT molecular complexity index is 288. The van der Waals surface area contributed by atoms with Crippen molar-refractivity contribution in [1.82, 2.24) is 14.8 Å². The molecule has 88 valence electrons. The zero-order valence-corrected chi connectivity index (χ0v) is 10.3. The molecule has 0 unspecified atom stereocenters. The molecule has 0 fully saturated rings. The lowest BCUT2D eigenvalue weighted by atomic mass is 10.1. The number of fused-ring (bicyclic) bond motifs is 1. The minimum Gasteiger partial charge on any atom is -0.330 e. The first kappa shape index (κ1) is 14.7. The standard InChI is InChI=1S/C9H16N4.2ClH/c10-6-3-5-9-12-11-8-4-1-2-7-13(8)9;;/h1-7,10H2;2*1H. The first-order valence-electron chi connectivity index (χ1n) is 5.03. The Morgan fingerprint density at radius 3 is 2.73 bits per heavy atom. The first-order chi connectivity index (χ1) is 6.42. The van der Waals surface area contributed by atoms with Crippen LogP contribution in [0.25, 0.3) is 0 Å². The summed E-state index contributed by atoms with van der Waals surface area (Å²) in [7, 11) is 0. The highest BCUT2D eigenvalue weighted by atomic mass is 35.5. The molecule has 0 saturated carbocycles. The van der Waals surface area contributed by atoms with Crippen molar-refractivity contribution in [3.8, 4) is 0 Å². The summed E-state index contributed by atoms with van der Waals surface area (Å²) in [5.74, 6) is 2.29. The van der Waals surface area contributed by atoms with E-state index in [1.165, 1.54) is 18.7 Å². The van der Waals surface area contributed by atoms with E-state index < -0.39 is 0 Å². The van der Waals surface area contributed by atoms with Gasteiger partial charge in [-0.25, -0.2) is 0 Å². The molecule has 6 heteroatoms. The van der Waals surface area contributed by atoms with E-state index in [9.17, 15) is 0 Å². The Kier molecular flexibility index (Phi) is 6.89. The van der Waals surface area contributed by atoms with Gasteiger partial charge >= 0.3 is 0 Å². The molecular formula is C9H18Cl2N4. The van der Waals surface area contributed by atoms with Gasteiger partial charge in [0.05, 0.1) is 0 Å². The lowest BCUT2D eigenvalue weighted by molar-refractivity contribution is 0.505. The molecule has 0 amide bonds. The van der Waals surface area contributed by atoms with Crippen LogP contribution in [-0.4, -0.2) is 21.3 Å². The van der Waals surface area contributed by atoms with Crippen LogP contribution in [0.5, 0.6) is 0 Å². The minimum atomic E-state index is 0. The molecule has 15 heavy (non-hydrogen) atoms. The quantitative estimate of drug-likeness (QED) is 0.884. The van der Waals surface area contributed by atoms with Gasteiger partial charge < -0.3 is 10.3 Å². The van der Waals surface area contributed by atoms with Crippen LogP contribution in [-0.2, 0) is 19.4 Å². The summed E-state index contributed by atoms with van der Waals surface area (Å²) >= 11 is 0. The van der Waals surface area contributed by atoms with Crippen molar-refractivity contribution in [3.05, 3.63) is 11.6 Å². The largest absolute Gasteiger partial charge is 0.330 e. The second-order valence-corrected chi connectivity index (χ2v) is 3.53. The summed E-state index contributed by atoms with van der Waals surface area (Å²) in [6.45, 7) is 1.84. The van der Waals surface area contributed by atoms with Gasteiger partial charge in [0.2, 0.25) is 0 Å². The number of hydrogen-bond acceptors (Lipinski definition) is 3. The summed E-state index contributed by atoms with van der Waals surface area (Å²) < 4.78 is 2.26. The third-order valence-electron chi connectivity index (χ3n) is 2.54. The van der Waals surface area contributed by atoms with Crippen molar-refractivity contribution < 1.29 is 0 Å². The summed E-state index contributed by atoms with van der Waals surface area (Å²) in [6, 6.07) is 0. The van der Waals surface area contributed by atoms with Gasteiger partial charge in [0, 0.05) is 19.4 Å². The van der Waals surface area contributed by atoms with E-state index in [2.05, 4.69) is 14.8 Å². The fourth-order valence-electron chi connectivity index (χ4n) is 1.81. The fraction of sp³-hybridized carbons (Fsp3) is 0.778. The van der Waals surface area contributed by atoms with Crippen molar-refractivity contribution in [3.63, 3.8) is 0 Å². The molecule has 4 nitrogen and oxygen atoms in total. The lowest BCUT2D eigenvalue weighted by Crippen LogP contribution is -2.14. The Morgan fingerprint density at radius 2 is 2.00 bits per heavy atom. The SMILES string of the molecule is Cl.Cl.NCCCc1nnc2n1CCCC2. The molecule has 0 radical (unpaired) electrons. The summed E-state index contributed by atoms with van der Waals surface area (Å²) in [5.41, 5.74) is 5.46. The first-order valence-corrected chi connectivity index (χ1v) is 5.03. The molecule has 2 rings (SSSR count). The molecule has 2 N–H and O–H groups in total. The molecule has 0 spiro atoms. The van der Waals surface area contributed by atoms with Crippen molar-refractivity contribution in [2.24, 2.45) is 5.73 Å². The smallest absolute Gasteiger partial charge is 0.133 e. The number of hydrogen-bond donors (Lipinski definition) is 1. The number of aryl methyl sites for hydroxylation is 2. The molecule has 2 heterocycles. The molecule has 1 aliphatic heterocycles. The molecular weight excluding hydrogens is 235 g/mol. The zero-order valence-electron chi connectivity index (χ0n) is 8.69. The van der Waals surface area contributed by atoms with Gasteiger partial charge in [0.15, 0.2) is 0 Å². The van der Waals surface area contributed by atoms with E-state index in [0.717, 1.165) is 38.2 Å². The Hall–Kier alpha value is -0.320. The number of nitrogens with zero attached hydrogens (tertiary/aromatic N) is 3. The highest BCUT2D eigenvalue weighted by molar-refractivity contribution is 5.85. The number of nitrogens with two attached hydrogens (primary N) is 1. The minimum absolute atomic E-state index is 0. The van der Waals surface area contributed by atoms with Gasteiger partial charge in [0.25, 0.3) is 0 Å². The lowest BCUT2D eigenvalue weighted by Gasteiger charge is -2.14. The van der Waals surface area contributed by atoms with E-state index in [0.29, 0.717) is 0 Å². The van der Waals surface area contributed by atoms with E-state index in [1.807, 2.05) is 0 Å². The Balaban J connectivity index is 0.000000980. The van der Waals surface area contributed by atoms with Crippen LogP contribution in [0.15, 0.2) is 0 Å². The van der Waals surface area contributed by atoms with Gasteiger partial charge in [-0.15, -0.1) is 35.0 Å². The van der Waals surface area contributed by atoms with Crippen LogP contribution in [0.2, 0.25) is 0 Å². The maximum Gasteiger partial charge on any atom is 0.133 e. The highest BCUT2D eigenvalue weighted by Gasteiger charge is 2.14. The predicted molar refractivity (Wildman–Crippen MR) is 64.8 cm³/mol. The second-order valence-electron chi connectivity index (χ2n) is 3.53. The van der Waals surface area contributed by atoms with E-state index in [1.54, 1.807) is 0 Å². The summed E-state index contributed by atoms with van der Waals surface area (Å²) in [4.78, 5) is 0. The fourth-order valence-corrected chi connectivity index (χ4v) is 1.81. The average molecular weight is 253 g/mol. The van der Waals surface area contributed by atoms with Crippen LogP contribution >= 0.6 is 24.8 Å². The topological polar surface area (TPSA) is 56.7 Å². The monoisotopic (exact) mass is 252 g/mol. The number of halogens is 2. The maximum absolute atomic E-state index is 5.46. The van der Waals surface area contributed by atoms with Gasteiger partial charge in [-0.2, -0.15) is 0 Å². The van der Waals surface area contributed by atoms with Crippen LogP contribution in [0.4, 0.5) is 0 Å². The van der Waals surface area contributed by atoms with Crippen molar-refractivity contribution in [2.45, 2.75) is 38.6 Å². The molecule has 0 aliphatic carbocycles. The predicted octanol–water partition coefficient (Wildman–Crippen LogP) is 1.35. The van der Waals surface area contributed by atoms with Crippen LogP contribution in [0.3, 0.4) is 0 Å². The second kappa shape index (κ2) is 7.04.